The van der Waals surface area contributed by atoms with E-state index >= 15 is 0 Å². The van der Waals surface area contributed by atoms with Gasteiger partial charge in [0, 0.05) is 54.4 Å². The van der Waals surface area contributed by atoms with E-state index in [1.165, 1.54) is 18.9 Å². The van der Waals surface area contributed by atoms with E-state index in [-0.39, 0.29) is 5.82 Å². The molecule has 2 aliphatic rings. The van der Waals surface area contributed by atoms with Crippen molar-refractivity contribution in [2.45, 2.75) is 45.1 Å². The minimum Gasteiger partial charge on any atom is -0.342 e. The second-order valence-corrected chi connectivity index (χ2v) is 10.0. The Morgan fingerprint density at radius 3 is 2.11 bits per heavy atom. The van der Waals surface area contributed by atoms with Gasteiger partial charge in [0.1, 0.15) is 5.82 Å². The van der Waals surface area contributed by atoms with Crippen LogP contribution in [0.4, 0.5) is 22.2 Å². The molecule has 38 heavy (non-hydrogen) atoms. The van der Waals surface area contributed by atoms with Crippen LogP contribution < -0.4 is 15.2 Å². The minimum atomic E-state index is -0.203. The molecule has 2 aliphatic heterocycles. The highest BCUT2D eigenvalue weighted by Gasteiger charge is 2.20. The second kappa shape index (κ2) is 11.2. The van der Waals surface area contributed by atoms with Crippen LogP contribution in [0.15, 0.2) is 59.8 Å². The molecule has 4 aromatic rings. The fourth-order valence-electron chi connectivity index (χ4n) is 5.35. The lowest BCUT2D eigenvalue weighted by Gasteiger charge is -2.30. The molecule has 4 heterocycles. The molecule has 2 aromatic heterocycles. The number of hydrogen-bond acceptors (Lipinski definition) is 7. The Morgan fingerprint density at radius 2 is 1.42 bits per heavy atom. The third-order valence-electron chi connectivity index (χ3n) is 7.38. The zero-order valence-corrected chi connectivity index (χ0v) is 21.6. The molecule has 2 fully saturated rings. The average molecular weight is 513 g/mol. The van der Waals surface area contributed by atoms with E-state index in [2.05, 4.69) is 31.0 Å². The third-order valence-corrected chi connectivity index (χ3v) is 7.38. The summed E-state index contributed by atoms with van der Waals surface area (Å²) in [6, 6.07) is 15.0. The highest BCUT2D eigenvalue weighted by Crippen LogP contribution is 2.24. The first-order valence-electron chi connectivity index (χ1n) is 13.6. The minimum absolute atomic E-state index is 0.203. The van der Waals surface area contributed by atoms with Gasteiger partial charge in [-0.25, -0.2) is 9.82 Å². The van der Waals surface area contributed by atoms with Gasteiger partial charge >= 0.3 is 0 Å². The maximum atomic E-state index is 14.3. The molecule has 0 bridgehead atoms. The number of hydrogen-bond donors (Lipinski definition) is 1. The Kier molecular flexibility index (Phi) is 7.15. The lowest BCUT2D eigenvalue weighted by Crippen LogP contribution is -2.34. The van der Waals surface area contributed by atoms with Crippen molar-refractivity contribution in [3.05, 3.63) is 71.7 Å². The number of rotatable bonds is 7. The standard InChI is InChI=1S/C29H33FN8/c30-25-13-5-3-11-22(25)20-38-21-23(24-12-4-6-14-26(24)38)19-31-35-27-32-28(36-15-7-1-8-16-36)34-29(33-27)37-17-9-2-10-18-37/h3-6,11-14,19,21H,1-2,7-10,15-18,20H2,(H,32,33,34,35). The highest BCUT2D eigenvalue weighted by atomic mass is 19.1. The van der Waals surface area contributed by atoms with E-state index in [1.807, 2.05) is 36.5 Å². The van der Waals surface area contributed by atoms with E-state index < -0.39 is 0 Å². The summed E-state index contributed by atoms with van der Waals surface area (Å²) in [5.41, 5.74) is 5.68. The maximum Gasteiger partial charge on any atom is 0.250 e. The third kappa shape index (κ3) is 5.32. The Morgan fingerprint density at radius 1 is 0.789 bits per heavy atom. The van der Waals surface area contributed by atoms with E-state index in [4.69, 9.17) is 15.0 Å². The summed E-state index contributed by atoms with van der Waals surface area (Å²) in [5.74, 6) is 1.69. The number of nitrogens with zero attached hydrogens (tertiary/aromatic N) is 7. The molecule has 1 N–H and O–H groups in total. The monoisotopic (exact) mass is 512 g/mol. The van der Waals surface area contributed by atoms with Crippen LogP contribution in [0.25, 0.3) is 10.9 Å². The van der Waals surface area contributed by atoms with Crippen LogP contribution in [0.5, 0.6) is 0 Å². The normalized spacial score (nSPS) is 16.4. The van der Waals surface area contributed by atoms with E-state index in [0.29, 0.717) is 18.1 Å². The van der Waals surface area contributed by atoms with E-state index in [0.717, 1.165) is 80.2 Å². The van der Waals surface area contributed by atoms with Crippen molar-refractivity contribution in [3.8, 4) is 0 Å². The van der Waals surface area contributed by atoms with Crippen LogP contribution in [-0.4, -0.2) is 51.9 Å². The van der Waals surface area contributed by atoms with Gasteiger partial charge in [0.25, 0.3) is 0 Å². The molecular formula is C29H33FN8. The van der Waals surface area contributed by atoms with Gasteiger partial charge in [-0.1, -0.05) is 36.4 Å². The second-order valence-electron chi connectivity index (χ2n) is 10.0. The first-order chi connectivity index (χ1) is 18.7. The molecule has 6 rings (SSSR count). The van der Waals surface area contributed by atoms with E-state index in [9.17, 15) is 4.39 Å². The van der Waals surface area contributed by atoms with Gasteiger partial charge in [0.15, 0.2) is 0 Å². The molecule has 0 amide bonds. The number of piperidine rings is 2. The first kappa shape index (κ1) is 24.3. The van der Waals surface area contributed by atoms with Crippen molar-refractivity contribution in [1.82, 2.24) is 19.5 Å². The first-order valence-corrected chi connectivity index (χ1v) is 13.6. The summed E-state index contributed by atoms with van der Waals surface area (Å²) in [6.07, 6.45) is 10.9. The summed E-state index contributed by atoms with van der Waals surface area (Å²) >= 11 is 0. The van der Waals surface area contributed by atoms with Crippen LogP contribution in [0.3, 0.4) is 0 Å². The van der Waals surface area contributed by atoms with Crippen LogP contribution >= 0.6 is 0 Å². The van der Waals surface area contributed by atoms with Gasteiger partial charge in [0.05, 0.1) is 12.8 Å². The summed E-state index contributed by atoms with van der Waals surface area (Å²) in [5, 5.41) is 5.57. The quantitative estimate of drug-likeness (QED) is 0.263. The van der Waals surface area contributed by atoms with Gasteiger partial charge in [0.2, 0.25) is 17.8 Å². The highest BCUT2D eigenvalue weighted by molar-refractivity contribution is 5.99. The summed E-state index contributed by atoms with van der Waals surface area (Å²) in [7, 11) is 0. The molecule has 0 radical (unpaired) electrons. The molecule has 0 aliphatic carbocycles. The number of halogens is 1. The van der Waals surface area contributed by atoms with Crippen molar-refractivity contribution in [3.63, 3.8) is 0 Å². The van der Waals surface area contributed by atoms with Crippen LogP contribution in [0.2, 0.25) is 0 Å². The fraction of sp³-hybridized carbons (Fsp3) is 0.379. The smallest absolute Gasteiger partial charge is 0.250 e. The maximum absolute atomic E-state index is 14.3. The number of benzene rings is 2. The molecule has 2 aromatic carbocycles. The topological polar surface area (TPSA) is 74.5 Å². The lowest BCUT2D eigenvalue weighted by atomic mass is 10.1. The number of para-hydroxylation sites is 1. The Bertz CT molecular complexity index is 1380. The van der Waals surface area contributed by atoms with E-state index in [1.54, 1.807) is 12.3 Å². The average Bonchev–Trinajstić information content (AvgIpc) is 3.32. The Labute approximate surface area is 222 Å². The fourth-order valence-corrected chi connectivity index (χ4v) is 5.35. The molecule has 9 heteroatoms. The molecule has 8 nitrogen and oxygen atoms in total. The zero-order valence-electron chi connectivity index (χ0n) is 21.6. The van der Waals surface area contributed by atoms with Gasteiger partial charge in [-0.05, 0) is 50.7 Å². The molecule has 196 valence electrons. The molecule has 2 saturated heterocycles. The van der Waals surface area contributed by atoms with Crippen LogP contribution in [-0.2, 0) is 6.54 Å². The molecule has 0 spiro atoms. The SMILES string of the molecule is Fc1ccccc1Cn1cc(C=NNc2nc(N3CCCCC3)nc(N3CCCCC3)n2)c2ccccc21. The number of aromatic nitrogens is 4. The van der Waals surface area contributed by atoms with Gasteiger partial charge < -0.3 is 14.4 Å². The number of hydrazone groups is 1. The number of nitrogens with one attached hydrogen (secondary N) is 1. The van der Waals surface area contributed by atoms with Crippen molar-refractivity contribution >= 4 is 35.0 Å². The summed E-state index contributed by atoms with van der Waals surface area (Å²) in [6.45, 7) is 4.31. The lowest BCUT2D eigenvalue weighted by molar-refractivity contribution is 0.556. The zero-order chi connectivity index (χ0) is 25.7. The number of anilines is 3. The van der Waals surface area contributed by atoms with Gasteiger partial charge in [-0.3, -0.25) is 0 Å². The molecular weight excluding hydrogens is 479 g/mol. The molecule has 0 saturated carbocycles. The van der Waals surface area contributed by atoms with Crippen molar-refractivity contribution in [2.24, 2.45) is 5.10 Å². The summed E-state index contributed by atoms with van der Waals surface area (Å²) < 4.78 is 16.4. The van der Waals surface area contributed by atoms with Crippen molar-refractivity contribution in [1.29, 1.82) is 0 Å². The Hall–Kier alpha value is -4.01. The number of fused-ring (bicyclic) bond motifs is 1. The Balaban J connectivity index is 1.26. The molecule has 0 unspecified atom stereocenters. The van der Waals surface area contributed by atoms with Crippen LogP contribution in [0, 0.1) is 5.82 Å². The largest absolute Gasteiger partial charge is 0.342 e. The summed E-state index contributed by atoms with van der Waals surface area (Å²) in [4.78, 5) is 18.8. The predicted octanol–water partition coefficient (Wildman–Crippen LogP) is 5.44. The predicted molar refractivity (Wildman–Crippen MR) is 151 cm³/mol. The van der Waals surface area contributed by atoms with Crippen LogP contribution in [0.1, 0.15) is 49.7 Å². The van der Waals surface area contributed by atoms with Gasteiger partial charge in [-0.2, -0.15) is 20.1 Å². The van der Waals surface area contributed by atoms with Crippen molar-refractivity contribution in [2.75, 3.05) is 41.4 Å². The molecule has 0 atom stereocenters. The van der Waals surface area contributed by atoms with Gasteiger partial charge in [-0.15, -0.1) is 0 Å². The van der Waals surface area contributed by atoms with Crippen molar-refractivity contribution < 1.29 is 4.39 Å².